The highest BCUT2D eigenvalue weighted by Crippen LogP contribution is 3.03. The Labute approximate surface area is 142 Å². The van der Waals surface area contributed by atoms with Crippen molar-refractivity contribution in [3.05, 3.63) is 0 Å². The lowest BCUT2D eigenvalue weighted by molar-refractivity contribution is -0.590. The van der Waals surface area contributed by atoms with Crippen molar-refractivity contribution in [2.24, 2.45) is 35.5 Å². The molecule has 6 aliphatic carbocycles. The molecule has 6 rings (SSSR count). The van der Waals surface area contributed by atoms with Crippen LogP contribution in [0.5, 0.6) is 0 Å². The van der Waals surface area contributed by atoms with Crippen molar-refractivity contribution in [3.63, 3.8) is 0 Å². The summed E-state index contributed by atoms with van der Waals surface area (Å²) in [5.41, 5.74) is -1.59. The van der Waals surface area contributed by atoms with Gasteiger partial charge in [-0.25, -0.2) is 9.59 Å². The molecule has 24 heavy (non-hydrogen) atoms. The zero-order chi connectivity index (χ0) is 17.4. The van der Waals surface area contributed by atoms with Gasteiger partial charge in [-0.05, 0) is 77.0 Å². The normalized spacial score (nSPS) is 50.8. The average molecular weight is 334 g/mol. The predicted molar refractivity (Wildman–Crippen MR) is 85.1 cm³/mol. The molecule has 0 saturated heterocycles. The summed E-state index contributed by atoms with van der Waals surface area (Å²) in [6.45, 7) is 11.2. The fourth-order valence-corrected chi connectivity index (χ4v) is 7.02. The molecular formula is C18H26N2O4. The number of hydrogen-bond donors (Lipinski definition) is 2. The van der Waals surface area contributed by atoms with Gasteiger partial charge in [-0.15, -0.1) is 0 Å². The van der Waals surface area contributed by atoms with Gasteiger partial charge in [0.25, 0.3) is 0 Å². The molecule has 0 radical (unpaired) electrons. The van der Waals surface area contributed by atoms with Crippen LogP contribution >= 0.6 is 0 Å². The fraction of sp³-hybridized carbons (Fsp3) is 0.889. The zero-order valence-electron chi connectivity index (χ0n) is 15.1. The third kappa shape index (κ3) is 1.24. The molecule has 2 N–H and O–H groups in total. The van der Waals surface area contributed by atoms with E-state index in [9.17, 15) is 9.59 Å². The number of rotatable bonds is 2. The molecule has 6 nitrogen and oxygen atoms in total. The van der Waals surface area contributed by atoms with Crippen molar-refractivity contribution in [1.29, 1.82) is 0 Å². The standard InChI is InChI=1S/C18H26N2O4/c1-15(2,3)23-13(21)19-17-9-7-8-11(9)18(17,12(8)10(7)17)20-14(22)24-16(4,5)6/h7-12H,1-6H3,(H,19,21)(H,20,22). The molecule has 4 unspecified atom stereocenters. The molecule has 0 aromatic rings. The van der Waals surface area contributed by atoms with Gasteiger partial charge in [0.1, 0.15) is 11.2 Å². The Morgan fingerprint density at radius 2 is 1.00 bits per heavy atom. The Morgan fingerprint density at radius 3 is 1.25 bits per heavy atom. The summed E-state index contributed by atoms with van der Waals surface area (Å²) in [6, 6.07) is 0. The van der Waals surface area contributed by atoms with E-state index in [0.29, 0.717) is 23.7 Å². The summed E-state index contributed by atoms with van der Waals surface area (Å²) in [4.78, 5) is 24.6. The Hall–Kier alpha value is -1.46. The maximum Gasteiger partial charge on any atom is 0.408 e. The molecule has 6 aliphatic rings. The molecule has 132 valence electrons. The van der Waals surface area contributed by atoms with Crippen molar-refractivity contribution < 1.29 is 19.1 Å². The molecule has 0 aromatic heterocycles. The molecule has 0 bridgehead atoms. The van der Waals surface area contributed by atoms with Crippen LogP contribution in [0.3, 0.4) is 0 Å². The molecular weight excluding hydrogens is 308 g/mol. The van der Waals surface area contributed by atoms with Crippen LogP contribution in [0, 0.1) is 35.5 Å². The molecule has 6 fully saturated rings. The van der Waals surface area contributed by atoms with Gasteiger partial charge >= 0.3 is 12.2 Å². The zero-order valence-corrected chi connectivity index (χ0v) is 15.1. The summed E-state index contributed by atoms with van der Waals surface area (Å²) in [6.07, 6.45) is -0.743. The first-order valence-corrected chi connectivity index (χ1v) is 8.96. The maximum absolute atomic E-state index is 12.3. The quantitative estimate of drug-likeness (QED) is 0.812. The van der Waals surface area contributed by atoms with Gasteiger partial charge in [-0.2, -0.15) is 0 Å². The first-order chi connectivity index (χ1) is 10.9. The van der Waals surface area contributed by atoms with Gasteiger partial charge in [-0.3, -0.25) is 0 Å². The Morgan fingerprint density at radius 1 is 0.708 bits per heavy atom. The lowest BCUT2D eigenvalue weighted by atomic mass is 8.96. The van der Waals surface area contributed by atoms with Crippen molar-refractivity contribution in [2.45, 2.75) is 63.8 Å². The summed E-state index contributed by atoms with van der Waals surface area (Å²) in [5, 5.41) is 6.28. The monoisotopic (exact) mass is 334 g/mol. The average Bonchev–Trinajstić information content (AvgIpc) is 2.34. The summed E-state index contributed by atoms with van der Waals surface area (Å²) >= 11 is 0. The summed E-state index contributed by atoms with van der Waals surface area (Å²) in [5.74, 6) is 3.66. The topological polar surface area (TPSA) is 76.7 Å². The minimum Gasteiger partial charge on any atom is -0.444 e. The van der Waals surface area contributed by atoms with Crippen LogP contribution in [0.4, 0.5) is 9.59 Å². The van der Waals surface area contributed by atoms with E-state index in [2.05, 4.69) is 10.6 Å². The van der Waals surface area contributed by atoms with E-state index in [0.717, 1.165) is 11.8 Å². The molecule has 6 heteroatoms. The number of carbonyl (C=O) groups excluding carboxylic acids is 2. The second-order valence-electron chi connectivity index (χ2n) is 10.2. The van der Waals surface area contributed by atoms with E-state index in [-0.39, 0.29) is 23.3 Å². The molecule has 0 spiro atoms. The second kappa shape index (κ2) is 3.56. The van der Waals surface area contributed by atoms with Gasteiger partial charge in [0.15, 0.2) is 0 Å². The van der Waals surface area contributed by atoms with E-state index in [4.69, 9.17) is 9.47 Å². The van der Waals surface area contributed by atoms with Crippen molar-refractivity contribution in [3.8, 4) is 0 Å². The first-order valence-electron chi connectivity index (χ1n) is 8.96. The molecule has 0 heterocycles. The van der Waals surface area contributed by atoms with Crippen LogP contribution in [0.15, 0.2) is 0 Å². The van der Waals surface area contributed by atoms with E-state index in [1.807, 2.05) is 41.5 Å². The summed E-state index contributed by atoms with van der Waals surface area (Å²) < 4.78 is 10.9. The largest absolute Gasteiger partial charge is 0.444 e. The highest BCUT2D eigenvalue weighted by Gasteiger charge is 3.11. The number of ether oxygens (including phenoxy) is 2. The van der Waals surface area contributed by atoms with E-state index in [1.54, 1.807) is 0 Å². The van der Waals surface area contributed by atoms with Crippen molar-refractivity contribution in [1.82, 2.24) is 10.6 Å². The van der Waals surface area contributed by atoms with E-state index in [1.165, 1.54) is 0 Å². The second-order valence-corrected chi connectivity index (χ2v) is 10.2. The van der Waals surface area contributed by atoms with Gasteiger partial charge in [-0.1, -0.05) is 0 Å². The molecule has 4 atom stereocenters. The smallest absolute Gasteiger partial charge is 0.408 e. The van der Waals surface area contributed by atoms with E-state index >= 15 is 0 Å². The third-order valence-corrected chi connectivity index (χ3v) is 7.08. The minimum atomic E-state index is -0.519. The number of carbonyl (C=O) groups is 2. The molecule has 0 aliphatic heterocycles. The lowest BCUT2D eigenvalue weighted by Crippen LogP contribution is -3.21. The van der Waals surface area contributed by atoms with Gasteiger partial charge in [0.05, 0.1) is 11.1 Å². The molecule has 6 saturated carbocycles. The van der Waals surface area contributed by atoms with Gasteiger partial charge in [0, 0.05) is 0 Å². The first kappa shape index (κ1) is 14.8. The van der Waals surface area contributed by atoms with Crippen molar-refractivity contribution >= 4 is 12.2 Å². The fourth-order valence-electron chi connectivity index (χ4n) is 7.02. The predicted octanol–water partition coefficient (Wildman–Crippen LogP) is 2.28. The Bertz CT molecular complexity index is 595. The third-order valence-electron chi connectivity index (χ3n) is 7.08. The molecule has 0 aromatic carbocycles. The Kier molecular flexibility index (Phi) is 2.20. The maximum atomic E-state index is 12.3. The van der Waals surface area contributed by atoms with Gasteiger partial charge < -0.3 is 20.1 Å². The van der Waals surface area contributed by atoms with Crippen LogP contribution in [0.25, 0.3) is 0 Å². The Balaban J connectivity index is 1.33. The number of amides is 2. The summed E-state index contributed by atoms with van der Waals surface area (Å²) in [7, 11) is 0. The van der Waals surface area contributed by atoms with Crippen LogP contribution in [-0.4, -0.2) is 34.5 Å². The van der Waals surface area contributed by atoms with Gasteiger partial charge in [0.2, 0.25) is 0 Å². The molecule has 2 amide bonds. The lowest BCUT2D eigenvalue weighted by Gasteiger charge is -3.10. The van der Waals surface area contributed by atoms with Crippen LogP contribution < -0.4 is 10.6 Å². The van der Waals surface area contributed by atoms with Crippen molar-refractivity contribution in [2.75, 3.05) is 0 Å². The number of nitrogens with one attached hydrogen (secondary N) is 2. The number of alkyl carbamates (subject to hydrolysis) is 2. The van der Waals surface area contributed by atoms with Crippen LogP contribution in [-0.2, 0) is 9.47 Å². The number of hydrogen-bond acceptors (Lipinski definition) is 4. The van der Waals surface area contributed by atoms with E-state index < -0.39 is 11.2 Å². The highest BCUT2D eigenvalue weighted by molar-refractivity contribution is 5.80. The van der Waals surface area contributed by atoms with Crippen LogP contribution in [0.2, 0.25) is 0 Å². The SMILES string of the molecule is CC(C)(C)OC(=O)NC12C3C4C5C3C1(NC(=O)OC(C)(C)C)C5C42. The minimum absolute atomic E-state index is 0.277. The van der Waals surface area contributed by atoms with Crippen LogP contribution in [0.1, 0.15) is 41.5 Å². The highest BCUT2D eigenvalue weighted by atomic mass is 16.6.